The van der Waals surface area contributed by atoms with Gasteiger partial charge < -0.3 is 0 Å². The maximum absolute atomic E-state index is 15.0. The fourth-order valence-corrected chi connectivity index (χ4v) is 7.87. The van der Waals surface area contributed by atoms with E-state index in [1.807, 2.05) is 67.6 Å². The van der Waals surface area contributed by atoms with Crippen molar-refractivity contribution in [2.45, 2.75) is 46.5 Å². The molecule has 0 aromatic heterocycles. The lowest BCUT2D eigenvalue weighted by Gasteiger charge is -2.38. The van der Waals surface area contributed by atoms with Gasteiger partial charge in [0, 0.05) is 0 Å². The van der Waals surface area contributed by atoms with Crippen LogP contribution in [-0.2, 0) is 14.4 Å². The predicted molar refractivity (Wildman–Crippen MR) is 150 cm³/mol. The molecule has 1 heterocycles. The summed E-state index contributed by atoms with van der Waals surface area (Å²) in [5.74, 6) is -1.78. The maximum Gasteiger partial charge on any atom is 0.239 e. The molecule has 4 heteroatoms. The number of aryl methyl sites for hydroxylation is 1. The van der Waals surface area contributed by atoms with E-state index >= 15 is 0 Å². The molecular weight excluding hydrogens is 470 g/mol. The molecule has 6 rings (SSSR count). The zero-order valence-corrected chi connectivity index (χ0v) is 22.2. The first kappa shape index (κ1) is 24.5. The molecule has 4 atom stereocenters. The van der Waals surface area contributed by atoms with E-state index in [9.17, 15) is 14.4 Å². The summed E-state index contributed by atoms with van der Waals surface area (Å²) in [7, 11) is 0. The van der Waals surface area contributed by atoms with E-state index < -0.39 is 22.7 Å². The molecule has 3 aromatic carbocycles. The molecule has 192 valence electrons. The summed E-state index contributed by atoms with van der Waals surface area (Å²) in [6.07, 6.45) is 2.56. The smallest absolute Gasteiger partial charge is 0.239 e. The monoisotopic (exact) mass is 503 g/mol. The number of nitrogens with zero attached hydrogens (tertiary/aromatic N) is 1. The minimum absolute atomic E-state index is 0.0756. The standard InChI is InChI=1S/C34H33NO3/c1-4-20-33-26(23-12-8-6-9-13-23)27(24-14-10-7-11-15-24)34(21-5-2,32(33)38)29-28(33)30(36)35(31(29)37)25-18-16-22(3)17-19-25/h6-19,28-29H,4-5,20-21H2,1-3H3. The molecule has 1 saturated carbocycles. The van der Waals surface area contributed by atoms with Crippen LogP contribution in [0, 0.1) is 29.6 Å². The van der Waals surface area contributed by atoms with Crippen LogP contribution in [0.1, 0.15) is 56.2 Å². The summed E-state index contributed by atoms with van der Waals surface area (Å²) in [4.78, 5) is 45.2. The summed E-state index contributed by atoms with van der Waals surface area (Å²) in [5.41, 5.74) is 3.44. The Morgan fingerprint density at radius 2 is 1.05 bits per heavy atom. The second-order valence-corrected chi connectivity index (χ2v) is 11.1. The van der Waals surface area contributed by atoms with E-state index in [4.69, 9.17) is 0 Å². The molecule has 3 aromatic rings. The predicted octanol–water partition coefficient (Wildman–Crippen LogP) is 6.88. The lowest BCUT2D eigenvalue weighted by molar-refractivity contribution is -0.134. The number of imide groups is 1. The van der Waals surface area contributed by atoms with Gasteiger partial charge in [-0.05, 0) is 54.2 Å². The van der Waals surface area contributed by atoms with E-state index in [2.05, 4.69) is 38.1 Å². The zero-order chi connectivity index (χ0) is 26.7. The van der Waals surface area contributed by atoms with Crippen LogP contribution in [0.15, 0.2) is 84.9 Å². The van der Waals surface area contributed by atoms with E-state index in [0.29, 0.717) is 18.5 Å². The molecule has 0 spiro atoms. The molecule has 1 aliphatic heterocycles. The van der Waals surface area contributed by atoms with Gasteiger partial charge in [-0.1, -0.05) is 105 Å². The van der Waals surface area contributed by atoms with Crippen LogP contribution in [0.5, 0.6) is 0 Å². The molecule has 1 saturated heterocycles. The average molecular weight is 504 g/mol. The number of hydrogen-bond acceptors (Lipinski definition) is 3. The Hall–Kier alpha value is -3.79. The lowest BCUT2D eigenvalue weighted by Crippen LogP contribution is -2.42. The van der Waals surface area contributed by atoms with E-state index in [0.717, 1.165) is 40.7 Å². The van der Waals surface area contributed by atoms with E-state index in [1.165, 1.54) is 4.90 Å². The van der Waals surface area contributed by atoms with Crippen LogP contribution < -0.4 is 4.90 Å². The fourth-order valence-electron chi connectivity index (χ4n) is 7.87. The Bertz CT molecular complexity index is 1370. The number of allylic oxidation sites excluding steroid dienone is 2. The normalized spacial score (nSPS) is 28.0. The number of benzene rings is 3. The van der Waals surface area contributed by atoms with Gasteiger partial charge in [-0.3, -0.25) is 14.4 Å². The van der Waals surface area contributed by atoms with Crippen LogP contribution >= 0.6 is 0 Å². The van der Waals surface area contributed by atoms with Gasteiger partial charge >= 0.3 is 0 Å². The van der Waals surface area contributed by atoms with Crippen molar-refractivity contribution in [2.75, 3.05) is 4.90 Å². The van der Waals surface area contributed by atoms with Crippen LogP contribution in [0.4, 0.5) is 5.69 Å². The van der Waals surface area contributed by atoms with Gasteiger partial charge in [0.15, 0.2) is 5.78 Å². The maximum atomic E-state index is 15.0. The summed E-state index contributed by atoms with van der Waals surface area (Å²) < 4.78 is 0. The van der Waals surface area contributed by atoms with E-state index in [-0.39, 0.29) is 17.6 Å². The molecule has 2 aliphatic carbocycles. The third-order valence-corrected chi connectivity index (χ3v) is 9.03. The van der Waals surface area contributed by atoms with Gasteiger partial charge in [0.05, 0.1) is 28.4 Å². The lowest BCUT2D eigenvalue weighted by atomic mass is 9.60. The molecule has 2 amide bonds. The van der Waals surface area contributed by atoms with Gasteiger partial charge in [0.25, 0.3) is 0 Å². The first-order chi connectivity index (χ1) is 18.4. The Kier molecular flexibility index (Phi) is 5.75. The van der Waals surface area contributed by atoms with Crippen LogP contribution in [0.2, 0.25) is 0 Å². The summed E-state index contributed by atoms with van der Waals surface area (Å²) in [6, 6.07) is 27.7. The number of anilines is 1. The van der Waals surface area contributed by atoms with Gasteiger partial charge in [-0.2, -0.15) is 0 Å². The van der Waals surface area contributed by atoms with Crippen molar-refractivity contribution in [2.24, 2.45) is 22.7 Å². The van der Waals surface area contributed by atoms with Crippen molar-refractivity contribution in [1.29, 1.82) is 0 Å². The van der Waals surface area contributed by atoms with Crippen LogP contribution in [0.3, 0.4) is 0 Å². The van der Waals surface area contributed by atoms with Gasteiger partial charge in [-0.25, -0.2) is 4.90 Å². The Morgan fingerprint density at radius 3 is 1.45 bits per heavy atom. The molecule has 3 aliphatic rings. The first-order valence-electron chi connectivity index (χ1n) is 13.8. The van der Waals surface area contributed by atoms with Gasteiger partial charge in [0.1, 0.15) is 0 Å². The Balaban J connectivity index is 1.69. The Morgan fingerprint density at radius 1 is 0.632 bits per heavy atom. The summed E-state index contributed by atoms with van der Waals surface area (Å²) in [5, 5.41) is 0. The van der Waals surface area contributed by atoms with Crippen LogP contribution in [-0.4, -0.2) is 17.6 Å². The fraction of sp³-hybridized carbons (Fsp3) is 0.324. The van der Waals surface area contributed by atoms with Crippen molar-refractivity contribution in [1.82, 2.24) is 0 Å². The number of carbonyl (C=O) groups is 3. The topological polar surface area (TPSA) is 54.5 Å². The first-order valence-corrected chi connectivity index (χ1v) is 13.8. The summed E-state index contributed by atoms with van der Waals surface area (Å²) in [6.45, 7) is 6.12. The van der Waals surface area contributed by atoms with Gasteiger partial charge in [-0.15, -0.1) is 0 Å². The highest BCUT2D eigenvalue weighted by molar-refractivity contribution is 6.34. The third kappa shape index (κ3) is 3.00. The minimum atomic E-state index is -1.03. The zero-order valence-electron chi connectivity index (χ0n) is 22.2. The molecule has 2 fully saturated rings. The number of Topliss-reactive ketones (excluding diaryl/α,β-unsaturated/α-hetero) is 1. The largest absolute Gasteiger partial charge is 0.298 e. The molecule has 2 bridgehead atoms. The van der Waals surface area contributed by atoms with Crippen molar-refractivity contribution in [3.05, 3.63) is 102 Å². The number of rotatable bonds is 7. The second kappa shape index (κ2) is 8.90. The van der Waals surface area contributed by atoms with Crippen molar-refractivity contribution in [3.8, 4) is 0 Å². The third-order valence-electron chi connectivity index (χ3n) is 9.03. The van der Waals surface area contributed by atoms with E-state index in [1.54, 1.807) is 0 Å². The SMILES string of the molecule is CCCC12C(=O)C(CCC)(C(c3ccccc3)=C1c1ccccc1)C1C(=O)N(c3ccc(C)cc3)C(=O)C12. The average Bonchev–Trinajstić information content (AvgIpc) is 3.41. The second-order valence-electron chi connectivity index (χ2n) is 11.1. The molecule has 38 heavy (non-hydrogen) atoms. The van der Waals surface area contributed by atoms with Crippen molar-refractivity contribution in [3.63, 3.8) is 0 Å². The number of fused-ring (bicyclic) bond motifs is 5. The highest BCUT2D eigenvalue weighted by Crippen LogP contribution is 2.76. The number of ketones is 1. The highest BCUT2D eigenvalue weighted by Gasteiger charge is 2.81. The minimum Gasteiger partial charge on any atom is -0.298 e. The molecular formula is C34H33NO3. The quantitative estimate of drug-likeness (QED) is 0.330. The molecule has 0 radical (unpaired) electrons. The molecule has 4 unspecified atom stereocenters. The molecule has 4 nitrogen and oxygen atoms in total. The van der Waals surface area contributed by atoms with Crippen LogP contribution in [0.25, 0.3) is 11.1 Å². The highest BCUT2D eigenvalue weighted by atomic mass is 16.2. The summed E-state index contributed by atoms with van der Waals surface area (Å²) >= 11 is 0. The van der Waals surface area contributed by atoms with Crippen molar-refractivity contribution >= 4 is 34.4 Å². The Labute approximate surface area is 224 Å². The molecule has 0 N–H and O–H groups in total. The number of amides is 2. The number of hydrogen-bond donors (Lipinski definition) is 0. The number of carbonyl (C=O) groups excluding carboxylic acids is 3. The van der Waals surface area contributed by atoms with Crippen molar-refractivity contribution < 1.29 is 14.4 Å². The van der Waals surface area contributed by atoms with Gasteiger partial charge in [0.2, 0.25) is 11.8 Å².